The van der Waals surface area contributed by atoms with Crippen LogP contribution in [0.25, 0.3) is 11.0 Å². The Bertz CT molecular complexity index is 608. The van der Waals surface area contributed by atoms with Crippen LogP contribution in [-0.4, -0.2) is 25.8 Å². The second kappa shape index (κ2) is 5.78. The molecule has 0 amide bonds. The van der Waals surface area contributed by atoms with E-state index in [1.807, 2.05) is 45.9 Å². The molecule has 0 spiro atoms. The van der Waals surface area contributed by atoms with E-state index in [0.29, 0.717) is 6.54 Å². The zero-order valence-electron chi connectivity index (χ0n) is 13.8. The maximum absolute atomic E-state index is 10.2. The molecule has 0 bridgehead atoms. The molecule has 2 aromatic rings. The minimum absolute atomic E-state index is 0.387. The quantitative estimate of drug-likeness (QED) is 0.859. The average Bonchev–Trinajstić information content (AvgIpc) is 2.74. The summed E-state index contributed by atoms with van der Waals surface area (Å²) in [6.45, 7) is 11.5. The summed E-state index contributed by atoms with van der Waals surface area (Å²) in [5.41, 5.74) is 1.03. The molecule has 21 heavy (non-hydrogen) atoms. The van der Waals surface area contributed by atoms with Crippen molar-refractivity contribution in [1.29, 1.82) is 0 Å². The third kappa shape index (κ3) is 3.27. The highest BCUT2D eigenvalue weighted by atomic mass is 16.3. The van der Waals surface area contributed by atoms with Crippen LogP contribution in [0.1, 0.15) is 46.9 Å². The van der Waals surface area contributed by atoms with Crippen LogP contribution in [0.2, 0.25) is 0 Å². The van der Waals surface area contributed by atoms with Crippen molar-refractivity contribution in [3.8, 4) is 0 Å². The minimum atomic E-state index is -0.797. The lowest BCUT2D eigenvalue weighted by atomic mass is 9.86. The van der Waals surface area contributed by atoms with Gasteiger partial charge in [0.2, 0.25) is 0 Å². The van der Waals surface area contributed by atoms with Gasteiger partial charge in [-0.05, 0) is 46.2 Å². The van der Waals surface area contributed by atoms with E-state index >= 15 is 0 Å². The summed E-state index contributed by atoms with van der Waals surface area (Å²) >= 11 is 0. The first-order valence-corrected chi connectivity index (χ1v) is 7.68. The third-order valence-electron chi connectivity index (χ3n) is 4.40. The van der Waals surface area contributed by atoms with E-state index in [0.717, 1.165) is 24.3 Å². The normalized spacial score (nSPS) is 13.0. The van der Waals surface area contributed by atoms with Gasteiger partial charge in [-0.2, -0.15) is 0 Å². The lowest BCUT2D eigenvalue weighted by Crippen LogP contribution is -2.55. The van der Waals surface area contributed by atoms with Crippen molar-refractivity contribution in [2.24, 2.45) is 0 Å². The van der Waals surface area contributed by atoms with Crippen LogP contribution in [-0.2, 0) is 13.1 Å². The molecule has 2 rings (SSSR count). The molecular formula is C17H27N3O. The highest BCUT2D eigenvalue weighted by Gasteiger charge is 2.34. The molecule has 4 nitrogen and oxygen atoms in total. The first-order valence-electron chi connectivity index (χ1n) is 7.68. The summed E-state index contributed by atoms with van der Waals surface area (Å²) in [5.74, 6) is 1.02. The monoisotopic (exact) mass is 289 g/mol. The highest BCUT2D eigenvalue weighted by molar-refractivity contribution is 5.75. The van der Waals surface area contributed by atoms with Crippen LogP contribution in [0.3, 0.4) is 0 Å². The Kier molecular flexibility index (Phi) is 4.40. The molecule has 0 aliphatic carbocycles. The van der Waals surface area contributed by atoms with Gasteiger partial charge in [0.05, 0.1) is 23.2 Å². The van der Waals surface area contributed by atoms with Crippen LogP contribution in [0.5, 0.6) is 0 Å². The predicted molar refractivity (Wildman–Crippen MR) is 87.2 cm³/mol. The van der Waals surface area contributed by atoms with Gasteiger partial charge in [0.25, 0.3) is 0 Å². The number of aryl methyl sites for hydroxylation is 1. The number of para-hydroxylation sites is 2. The van der Waals surface area contributed by atoms with Crippen molar-refractivity contribution in [2.45, 2.75) is 65.3 Å². The van der Waals surface area contributed by atoms with Gasteiger partial charge in [0.1, 0.15) is 5.82 Å². The summed E-state index contributed by atoms with van der Waals surface area (Å²) in [7, 11) is 0. The van der Waals surface area contributed by atoms with Gasteiger partial charge in [0.15, 0.2) is 0 Å². The van der Waals surface area contributed by atoms with E-state index in [9.17, 15) is 5.11 Å². The summed E-state index contributed by atoms with van der Waals surface area (Å²) in [5, 5.41) is 13.7. The van der Waals surface area contributed by atoms with Crippen molar-refractivity contribution in [1.82, 2.24) is 14.9 Å². The Morgan fingerprint density at radius 3 is 2.48 bits per heavy atom. The van der Waals surface area contributed by atoms with Gasteiger partial charge < -0.3 is 15.0 Å². The lowest BCUT2D eigenvalue weighted by Gasteiger charge is -2.38. The standard InChI is InChI=1S/C17H27N3O/c1-6-11-20-14-10-8-7-9-13(14)19-15(20)12-18-16(2,3)17(4,5)21/h7-10,18,21H,6,11-12H2,1-5H3. The van der Waals surface area contributed by atoms with Crippen molar-refractivity contribution >= 4 is 11.0 Å². The number of fused-ring (bicyclic) bond motifs is 1. The van der Waals surface area contributed by atoms with Crippen LogP contribution < -0.4 is 5.32 Å². The maximum atomic E-state index is 10.2. The third-order valence-corrected chi connectivity index (χ3v) is 4.40. The van der Waals surface area contributed by atoms with Crippen LogP contribution >= 0.6 is 0 Å². The van der Waals surface area contributed by atoms with Crippen molar-refractivity contribution in [3.05, 3.63) is 30.1 Å². The molecule has 0 saturated heterocycles. The fraction of sp³-hybridized carbons (Fsp3) is 0.588. The van der Waals surface area contributed by atoms with Crippen LogP contribution in [0.15, 0.2) is 24.3 Å². The molecule has 116 valence electrons. The molecule has 0 radical (unpaired) electrons. The lowest BCUT2D eigenvalue weighted by molar-refractivity contribution is -0.00570. The van der Waals surface area contributed by atoms with Crippen molar-refractivity contribution in [3.63, 3.8) is 0 Å². The number of aliphatic hydroxyl groups is 1. The summed E-state index contributed by atoms with van der Waals surface area (Å²) in [6, 6.07) is 8.23. The van der Waals surface area contributed by atoms with Gasteiger partial charge in [-0.1, -0.05) is 19.1 Å². The Hall–Kier alpha value is -1.39. The van der Waals surface area contributed by atoms with E-state index in [4.69, 9.17) is 4.98 Å². The first kappa shape index (κ1) is 16.0. The molecule has 0 saturated carbocycles. The molecule has 0 atom stereocenters. The number of benzene rings is 1. The number of aromatic nitrogens is 2. The number of imidazole rings is 1. The minimum Gasteiger partial charge on any atom is -0.389 e. The van der Waals surface area contributed by atoms with Gasteiger partial charge in [0, 0.05) is 12.1 Å². The van der Waals surface area contributed by atoms with Crippen LogP contribution in [0, 0.1) is 0 Å². The van der Waals surface area contributed by atoms with Gasteiger partial charge in [-0.3, -0.25) is 0 Å². The van der Waals surface area contributed by atoms with Gasteiger partial charge in [-0.25, -0.2) is 4.98 Å². The molecule has 0 fully saturated rings. The topological polar surface area (TPSA) is 50.1 Å². The Labute approximate surface area is 127 Å². The van der Waals surface area contributed by atoms with Crippen molar-refractivity contribution in [2.75, 3.05) is 0 Å². The molecule has 2 N–H and O–H groups in total. The second-order valence-electron chi connectivity index (χ2n) is 6.71. The fourth-order valence-corrected chi connectivity index (χ4v) is 2.25. The van der Waals surface area contributed by atoms with E-state index in [1.54, 1.807) is 0 Å². The number of rotatable bonds is 6. The molecule has 1 aromatic heterocycles. The summed E-state index contributed by atoms with van der Waals surface area (Å²) < 4.78 is 2.27. The summed E-state index contributed by atoms with van der Waals surface area (Å²) in [6.07, 6.45) is 1.07. The Morgan fingerprint density at radius 2 is 1.86 bits per heavy atom. The smallest absolute Gasteiger partial charge is 0.123 e. The van der Waals surface area contributed by atoms with E-state index in [-0.39, 0.29) is 5.54 Å². The van der Waals surface area contributed by atoms with Gasteiger partial charge >= 0.3 is 0 Å². The van der Waals surface area contributed by atoms with Crippen LogP contribution in [0.4, 0.5) is 0 Å². The molecular weight excluding hydrogens is 262 g/mol. The summed E-state index contributed by atoms with van der Waals surface area (Å²) in [4.78, 5) is 4.74. The number of nitrogens with zero attached hydrogens (tertiary/aromatic N) is 2. The van der Waals surface area contributed by atoms with E-state index < -0.39 is 5.60 Å². The Morgan fingerprint density at radius 1 is 1.19 bits per heavy atom. The van der Waals surface area contributed by atoms with E-state index in [1.165, 1.54) is 5.52 Å². The largest absolute Gasteiger partial charge is 0.389 e. The van der Waals surface area contributed by atoms with Gasteiger partial charge in [-0.15, -0.1) is 0 Å². The molecule has 1 aromatic carbocycles. The SMILES string of the molecule is CCCn1c(CNC(C)(C)C(C)(C)O)nc2ccccc21. The van der Waals surface area contributed by atoms with Crippen molar-refractivity contribution < 1.29 is 5.11 Å². The number of nitrogens with one attached hydrogen (secondary N) is 1. The predicted octanol–water partition coefficient (Wildman–Crippen LogP) is 3.09. The molecule has 0 aliphatic rings. The highest BCUT2D eigenvalue weighted by Crippen LogP contribution is 2.22. The zero-order valence-corrected chi connectivity index (χ0v) is 13.8. The maximum Gasteiger partial charge on any atom is 0.123 e. The molecule has 4 heteroatoms. The van der Waals surface area contributed by atoms with E-state index in [2.05, 4.69) is 22.9 Å². The molecule has 0 unspecified atom stereocenters. The zero-order chi connectivity index (χ0) is 15.7. The second-order valence-corrected chi connectivity index (χ2v) is 6.71. The first-order chi connectivity index (χ1) is 9.76. The number of hydrogen-bond donors (Lipinski definition) is 2. The average molecular weight is 289 g/mol. The molecule has 0 aliphatic heterocycles. The molecule has 1 heterocycles. The fourth-order valence-electron chi connectivity index (χ4n) is 2.25. The Balaban J connectivity index is 2.28. The number of hydrogen-bond acceptors (Lipinski definition) is 3.